The minimum Gasteiger partial charge on any atom is -0.422 e. The molecule has 1 aliphatic carbocycles. The maximum Gasteiger partial charge on any atom is 0.336 e. The van der Waals surface area contributed by atoms with Crippen molar-refractivity contribution in [1.82, 2.24) is 4.98 Å². The normalized spacial score (nSPS) is 14.7. The van der Waals surface area contributed by atoms with E-state index in [2.05, 4.69) is 11.1 Å². The van der Waals surface area contributed by atoms with Crippen molar-refractivity contribution >= 4 is 21.9 Å². The molecule has 0 aliphatic heterocycles. The van der Waals surface area contributed by atoms with E-state index in [9.17, 15) is 4.79 Å². The molecule has 0 saturated carbocycles. The highest BCUT2D eigenvalue weighted by atomic mass is 16.4. The summed E-state index contributed by atoms with van der Waals surface area (Å²) in [6, 6.07) is 7.34. The Morgan fingerprint density at radius 3 is 2.74 bits per heavy atom. The average Bonchev–Trinajstić information content (AvgIpc) is 2.47. The van der Waals surface area contributed by atoms with Gasteiger partial charge in [0.2, 0.25) is 0 Å². The molecule has 2 aromatic heterocycles. The molecule has 94 valence electrons. The Balaban J connectivity index is 2.30. The van der Waals surface area contributed by atoms with Crippen LogP contribution in [0.25, 0.3) is 21.9 Å². The van der Waals surface area contributed by atoms with Crippen LogP contribution in [0.5, 0.6) is 0 Å². The molecule has 4 rings (SSSR count). The summed E-state index contributed by atoms with van der Waals surface area (Å²) >= 11 is 0. The number of rotatable bonds is 0. The van der Waals surface area contributed by atoms with Crippen molar-refractivity contribution in [3.8, 4) is 0 Å². The van der Waals surface area contributed by atoms with Crippen molar-refractivity contribution < 1.29 is 4.42 Å². The summed E-state index contributed by atoms with van der Waals surface area (Å²) in [5.74, 6) is 0. The van der Waals surface area contributed by atoms with Gasteiger partial charge in [-0.1, -0.05) is 6.07 Å². The van der Waals surface area contributed by atoms with Crippen LogP contribution < -0.4 is 5.63 Å². The van der Waals surface area contributed by atoms with Crippen LogP contribution in [-0.4, -0.2) is 4.98 Å². The zero-order valence-electron chi connectivity index (χ0n) is 10.5. The van der Waals surface area contributed by atoms with Crippen LogP contribution in [0, 0.1) is 0 Å². The lowest BCUT2D eigenvalue weighted by atomic mass is 9.87. The second kappa shape index (κ2) is 3.92. The Morgan fingerprint density at radius 1 is 1.00 bits per heavy atom. The molecule has 0 unspecified atom stereocenters. The van der Waals surface area contributed by atoms with E-state index in [0.29, 0.717) is 0 Å². The first-order chi connectivity index (χ1) is 9.34. The van der Waals surface area contributed by atoms with Gasteiger partial charge in [-0.05, 0) is 43.4 Å². The first-order valence-corrected chi connectivity index (χ1v) is 6.67. The van der Waals surface area contributed by atoms with E-state index in [0.717, 1.165) is 41.1 Å². The highest BCUT2D eigenvalue weighted by Gasteiger charge is 2.19. The van der Waals surface area contributed by atoms with Gasteiger partial charge in [0, 0.05) is 28.6 Å². The Hall–Kier alpha value is -2.16. The molecule has 0 amide bonds. The molecule has 3 heteroatoms. The van der Waals surface area contributed by atoms with Crippen LogP contribution in [0.15, 0.2) is 39.7 Å². The summed E-state index contributed by atoms with van der Waals surface area (Å²) in [5, 5.41) is 2.09. The second-order valence-electron chi connectivity index (χ2n) is 5.06. The molecule has 0 N–H and O–H groups in total. The molecule has 0 bridgehead atoms. The van der Waals surface area contributed by atoms with E-state index < -0.39 is 0 Å². The van der Waals surface area contributed by atoms with E-state index in [-0.39, 0.29) is 5.63 Å². The Labute approximate surface area is 109 Å². The SMILES string of the molecule is O=c1ccc2c(o1)c1c(c3ncccc32)CCCC1. The summed E-state index contributed by atoms with van der Waals surface area (Å²) in [6.45, 7) is 0. The minimum atomic E-state index is -0.275. The topological polar surface area (TPSA) is 43.1 Å². The van der Waals surface area contributed by atoms with Gasteiger partial charge >= 0.3 is 5.63 Å². The van der Waals surface area contributed by atoms with Crippen molar-refractivity contribution in [2.45, 2.75) is 25.7 Å². The molecular formula is C16H13NO2. The second-order valence-corrected chi connectivity index (χ2v) is 5.06. The van der Waals surface area contributed by atoms with Crippen LogP contribution in [0.4, 0.5) is 0 Å². The van der Waals surface area contributed by atoms with Crippen molar-refractivity contribution in [2.24, 2.45) is 0 Å². The molecule has 3 aromatic rings. The van der Waals surface area contributed by atoms with Crippen molar-refractivity contribution in [2.75, 3.05) is 0 Å². The van der Waals surface area contributed by atoms with Gasteiger partial charge < -0.3 is 4.42 Å². The molecule has 1 aromatic carbocycles. The van der Waals surface area contributed by atoms with Crippen LogP contribution in [0.3, 0.4) is 0 Å². The highest BCUT2D eigenvalue weighted by molar-refractivity contribution is 6.07. The minimum absolute atomic E-state index is 0.275. The zero-order valence-corrected chi connectivity index (χ0v) is 10.5. The predicted octanol–water partition coefficient (Wildman–Crippen LogP) is 3.22. The Kier molecular flexibility index (Phi) is 2.21. The van der Waals surface area contributed by atoms with Gasteiger partial charge in [-0.15, -0.1) is 0 Å². The van der Waals surface area contributed by atoms with Crippen LogP contribution in [0.1, 0.15) is 24.0 Å². The number of hydrogen-bond donors (Lipinski definition) is 0. The summed E-state index contributed by atoms with van der Waals surface area (Å²) in [5.41, 5.74) is 4.01. The first-order valence-electron chi connectivity index (χ1n) is 6.67. The zero-order chi connectivity index (χ0) is 12.8. The predicted molar refractivity (Wildman–Crippen MR) is 74.4 cm³/mol. The fraction of sp³-hybridized carbons (Fsp3) is 0.250. The Morgan fingerprint density at radius 2 is 1.84 bits per heavy atom. The lowest BCUT2D eigenvalue weighted by Crippen LogP contribution is -2.07. The molecule has 2 heterocycles. The lowest BCUT2D eigenvalue weighted by Gasteiger charge is -2.19. The van der Waals surface area contributed by atoms with Gasteiger partial charge in [-0.3, -0.25) is 4.98 Å². The van der Waals surface area contributed by atoms with Gasteiger partial charge in [-0.2, -0.15) is 0 Å². The molecule has 0 saturated heterocycles. The third-order valence-corrected chi connectivity index (χ3v) is 3.96. The van der Waals surface area contributed by atoms with Gasteiger partial charge in [-0.25, -0.2) is 4.79 Å². The smallest absolute Gasteiger partial charge is 0.336 e. The monoisotopic (exact) mass is 251 g/mol. The third kappa shape index (κ3) is 1.51. The van der Waals surface area contributed by atoms with E-state index >= 15 is 0 Å². The van der Waals surface area contributed by atoms with E-state index in [1.54, 1.807) is 0 Å². The Bertz CT molecular complexity index is 848. The van der Waals surface area contributed by atoms with E-state index in [4.69, 9.17) is 4.42 Å². The van der Waals surface area contributed by atoms with Gasteiger partial charge in [0.25, 0.3) is 0 Å². The van der Waals surface area contributed by atoms with Crippen molar-refractivity contribution in [3.63, 3.8) is 0 Å². The van der Waals surface area contributed by atoms with Gasteiger partial charge in [0.1, 0.15) is 5.58 Å². The number of fused-ring (bicyclic) bond motifs is 6. The quantitative estimate of drug-likeness (QED) is 0.455. The van der Waals surface area contributed by atoms with Crippen LogP contribution in [0.2, 0.25) is 0 Å². The number of nitrogens with zero attached hydrogens (tertiary/aromatic N) is 1. The van der Waals surface area contributed by atoms with Crippen LogP contribution in [-0.2, 0) is 12.8 Å². The molecule has 0 atom stereocenters. The largest absolute Gasteiger partial charge is 0.422 e. The fourth-order valence-electron chi connectivity index (χ4n) is 3.13. The number of hydrogen-bond acceptors (Lipinski definition) is 3. The number of aromatic nitrogens is 1. The van der Waals surface area contributed by atoms with E-state index in [1.807, 2.05) is 18.3 Å². The van der Waals surface area contributed by atoms with Crippen molar-refractivity contribution in [3.05, 3.63) is 52.0 Å². The fourth-order valence-corrected chi connectivity index (χ4v) is 3.13. The standard InChI is InChI=1S/C16H13NO2/c18-14-8-7-13-11-6-3-9-17-15(11)10-4-1-2-5-12(10)16(13)19-14/h3,6-9H,1-2,4-5H2. The maximum absolute atomic E-state index is 11.5. The summed E-state index contributed by atoms with van der Waals surface area (Å²) in [4.78, 5) is 16.1. The highest BCUT2D eigenvalue weighted by Crippen LogP contribution is 2.35. The summed E-state index contributed by atoms with van der Waals surface area (Å²) < 4.78 is 5.48. The summed E-state index contributed by atoms with van der Waals surface area (Å²) in [7, 11) is 0. The average molecular weight is 251 g/mol. The molecule has 0 fully saturated rings. The van der Waals surface area contributed by atoms with Gasteiger partial charge in [0.15, 0.2) is 0 Å². The van der Waals surface area contributed by atoms with Gasteiger partial charge in [0.05, 0.1) is 5.52 Å². The number of aryl methyl sites for hydroxylation is 2. The third-order valence-electron chi connectivity index (χ3n) is 3.96. The maximum atomic E-state index is 11.5. The first kappa shape index (κ1) is 10.7. The number of pyridine rings is 1. The number of benzene rings is 1. The lowest BCUT2D eigenvalue weighted by molar-refractivity contribution is 0.551. The molecule has 0 spiro atoms. The molecule has 0 radical (unpaired) electrons. The molecule has 1 aliphatic rings. The molecule has 3 nitrogen and oxygen atoms in total. The van der Waals surface area contributed by atoms with E-state index in [1.165, 1.54) is 23.6 Å². The van der Waals surface area contributed by atoms with Crippen molar-refractivity contribution in [1.29, 1.82) is 0 Å². The molecular weight excluding hydrogens is 238 g/mol. The van der Waals surface area contributed by atoms with Crippen LogP contribution >= 0.6 is 0 Å². The molecule has 19 heavy (non-hydrogen) atoms. The summed E-state index contributed by atoms with van der Waals surface area (Å²) in [6.07, 6.45) is 6.17.